The van der Waals surface area contributed by atoms with Gasteiger partial charge in [-0.3, -0.25) is 0 Å². The molecule has 0 amide bonds. The van der Waals surface area contributed by atoms with Crippen LogP contribution in [-0.2, 0) is 0 Å². The van der Waals surface area contributed by atoms with Crippen LogP contribution < -0.4 is 0 Å². The van der Waals surface area contributed by atoms with Gasteiger partial charge in [0.25, 0.3) is 0 Å². The predicted molar refractivity (Wildman–Crippen MR) is 69.0 cm³/mol. The van der Waals surface area contributed by atoms with Crippen molar-refractivity contribution in [3.05, 3.63) is 26.5 Å². The van der Waals surface area contributed by atoms with Crippen molar-refractivity contribution in [3.8, 4) is 0 Å². The second-order valence-electron chi connectivity index (χ2n) is 2.54. The first kappa shape index (κ1) is 10.0. The van der Waals surface area contributed by atoms with E-state index >= 15 is 0 Å². The van der Waals surface area contributed by atoms with Crippen LogP contribution >= 0.6 is 55.0 Å². The molecule has 0 spiro atoms. The summed E-state index contributed by atoms with van der Waals surface area (Å²) < 4.78 is 3.69. The Bertz CT molecular complexity index is 448. The standard InChI is InChI=1S/C9H6Br2S2/c1-12-7-3-2-6-8(9(7)11)5(10)4-13-6/h2-4H,1H3. The third kappa shape index (κ3) is 1.69. The van der Waals surface area contributed by atoms with Crippen LogP contribution in [0.5, 0.6) is 0 Å². The van der Waals surface area contributed by atoms with E-state index in [0.29, 0.717) is 0 Å². The van der Waals surface area contributed by atoms with Gasteiger partial charge < -0.3 is 0 Å². The Kier molecular flexibility index (Phi) is 3.03. The fraction of sp³-hybridized carbons (Fsp3) is 0.111. The summed E-state index contributed by atoms with van der Waals surface area (Å²) in [5, 5.41) is 3.41. The van der Waals surface area contributed by atoms with E-state index in [0.717, 1.165) is 0 Å². The quantitative estimate of drug-likeness (QED) is 0.648. The van der Waals surface area contributed by atoms with Crippen molar-refractivity contribution in [1.29, 1.82) is 0 Å². The summed E-state index contributed by atoms with van der Waals surface area (Å²) in [5.74, 6) is 0. The van der Waals surface area contributed by atoms with E-state index in [4.69, 9.17) is 0 Å². The van der Waals surface area contributed by atoms with Crippen LogP contribution in [0.2, 0.25) is 0 Å². The summed E-state index contributed by atoms with van der Waals surface area (Å²) in [6.45, 7) is 0. The summed E-state index contributed by atoms with van der Waals surface area (Å²) in [5.41, 5.74) is 0. The number of thioether (sulfide) groups is 1. The molecular weight excluding hydrogens is 332 g/mol. The predicted octanol–water partition coefficient (Wildman–Crippen LogP) is 5.15. The Morgan fingerprint density at radius 1 is 1.31 bits per heavy atom. The molecule has 0 nitrogen and oxygen atoms in total. The van der Waals surface area contributed by atoms with Crippen molar-refractivity contribution < 1.29 is 0 Å². The Morgan fingerprint density at radius 3 is 2.77 bits per heavy atom. The third-order valence-corrected chi connectivity index (χ3v) is 5.56. The van der Waals surface area contributed by atoms with Gasteiger partial charge in [-0.1, -0.05) is 0 Å². The smallest absolute Gasteiger partial charge is 0.0409 e. The van der Waals surface area contributed by atoms with E-state index in [9.17, 15) is 0 Å². The normalized spacial score (nSPS) is 11.0. The molecule has 1 aromatic heterocycles. The monoisotopic (exact) mass is 336 g/mol. The Balaban J connectivity index is 2.83. The molecule has 2 aromatic rings. The number of fused-ring (bicyclic) bond motifs is 1. The van der Waals surface area contributed by atoms with Crippen LogP contribution in [0.1, 0.15) is 0 Å². The van der Waals surface area contributed by atoms with Gasteiger partial charge in [0.05, 0.1) is 0 Å². The lowest BCUT2D eigenvalue weighted by Crippen LogP contribution is -1.74. The molecule has 0 radical (unpaired) electrons. The Hall–Kier alpha value is 0.490. The molecule has 0 aliphatic rings. The second kappa shape index (κ2) is 3.93. The molecule has 0 aliphatic carbocycles. The molecule has 0 unspecified atom stereocenters. The second-order valence-corrected chi connectivity index (χ2v) is 5.95. The number of benzene rings is 1. The van der Waals surface area contributed by atoms with Gasteiger partial charge in [0.2, 0.25) is 0 Å². The van der Waals surface area contributed by atoms with Crippen LogP contribution in [0.4, 0.5) is 0 Å². The maximum atomic E-state index is 3.63. The molecule has 0 N–H and O–H groups in total. The van der Waals surface area contributed by atoms with Crippen molar-refractivity contribution in [2.75, 3.05) is 6.26 Å². The van der Waals surface area contributed by atoms with Gasteiger partial charge in [-0.25, -0.2) is 0 Å². The van der Waals surface area contributed by atoms with Crippen molar-refractivity contribution in [2.24, 2.45) is 0 Å². The van der Waals surface area contributed by atoms with Gasteiger partial charge in [0.1, 0.15) is 0 Å². The summed E-state index contributed by atoms with van der Waals surface area (Å²) in [4.78, 5) is 1.28. The van der Waals surface area contributed by atoms with Crippen LogP contribution in [0, 0.1) is 0 Å². The zero-order valence-corrected chi connectivity index (χ0v) is 11.6. The number of rotatable bonds is 1. The molecule has 68 valence electrons. The minimum Gasteiger partial charge on any atom is -0.143 e. The van der Waals surface area contributed by atoms with Crippen LogP contribution in [0.25, 0.3) is 10.1 Å². The zero-order chi connectivity index (χ0) is 9.42. The molecule has 0 fully saturated rings. The first-order valence-electron chi connectivity index (χ1n) is 3.63. The lowest BCUT2D eigenvalue weighted by atomic mass is 10.3. The molecule has 0 aliphatic heterocycles. The third-order valence-electron chi connectivity index (χ3n) is 1.82. The summed E-state index contributed by atoms with van der Waals surface area (Å²) in [6, 6.07) is 4.32. The molecule has 0 saturated carbocycles. The Labute approximate surface area is 102 Å². The van der Waals surface area contributed by atoms with Crippen LogP contribution in [0.3, 0.4) is 0 Å². The van der Waals surface area contributed by atoms with E-state index in [-0.39, 0.29) is 0 Å². The zero-order valence-electron chi connectivity index (χ0n) is 6.80. The molecule has 1 aromatic carbocycles. The molecule has 13 heavy (non-hydrogen) atoms. The highest BCUT2D eigenvalue weighted by atomic mass is 79.9. The van der Waals surface area contributed by atoms with Gasteiger partial charge >= 0.3 is 0 Å². The molecule has 0 bridgehead atoms. The van der Waals surface area contributed by atoms with E-state index in [1.54, 1.807) is 23.1 Å². The average molecular weight is 338 g/mol. The van der Waals surface area contributed by atoms with E-state index < -0.39 is 0 Å². The van der Waals surface area contributed by atoms with E-state index in [1.807, 2.05) is 0 Å². The highest BCUT2D eigenvalue weighted by Crippen LogP contribution is 2.40. The maximum Gasteiger partial charge on any atom is 0.0409 e. The first-order valence-corrected chi connectivity index (χ1v) is 7.32. The summed E-state index contributed by atoms with van der Waals surface area (Å²) in [7, 11) is 0. The maximum absolute atomic E-state index is 3.63. The molecule has 2 rings (SSSR count). The van der Waals surface area contributed by atoms with Crippen molar-refractivity contribution >= 4 is 65.0 Å². The largest absolute Gasteiger partial charge is 0.143 e. The van der Waals surface area contributed by atoms with Crippen LogP contribution in [-0.4, -0.2) is 6.26 Å². The van der Waals surface area contributed by atoms with Gasteiger partial charge in [-0.15, -0.1) is 23.1 Å². The average Bonchev–Trinajstić information content (AvgIpc) is 2.49. The molecule has 0 atom stereocenters. The Morgan fingerprint density at radius 2 is 2.08 bits per heavy atom. The van der Waals surface area contributed by atoms with Crippen molar-refractivity contribution in [2.45, 2.75) is 4.90 Å². The minimum atomic E-state index is 1.18. The molecule has 1 heterocycles. The number of thiophene rings is 1. The number of hydrogen-bond donors (Lipinski definition) is 0. The number of hydrogen-bond acceptors (Lipinski definition) is 2. The van der Waals surface area contributed by atoms with Crippen LogP contribution in [0.15, 0.2) is 31.4 Å². The SMILES string of the molecule is CSc1ccc2scc(Br)c2c1Br. The fourth-order valence-electron chi connectivity index (χ4n) is 1.19. The lowest BCUT2D eigenvalue weighted by molar-refractivity contribution is 1.47. The summed E-state index contributed by atoms with van der Waals surface area (Å²) in [6.07, 6.45) is 2.09. The van der Waals surface area contributed by atoms with Crippen molar-refractivity contribution in [1.82, 2.24) is 0 Å². The van der Waals surface area contributed by atoms with E-state index in [2.05, 4.69) is 55.6 Å². The highest BCUT2D eigenvalue weighted by Gasteiger charge is 2.08. The van der Waals surface area contributed by atoms with Gasteiger partial charge in [-0.05, 0) is 50.2 Å². The topological polar surface area (TPSA) is 0 Å². The molecule has 0 saturated heterocycles. The van der Waals surface area contributed by atoms with E-state index in [1.165, 1.54) is 23.9 Å². The summed E-state index contributed by atoms with van der Waals surface area (Å²) >= 11 is 10.7. The van der Waals surface area contributed by atoms with Crippen molar-refractivity contribution in [3.63, 3.8) is 0 Å². The van der Waals surface area contributed by atoms with Gasteiger partial charge in [-0.2, -0.15) is 0 Å². The van der Waals surface area contributed by atoms with Gasteiger partial charge in [0.15, 0.2) is 0 Å². The highest BCUT2D eigenvalue weighted by molar-refractivity contribution is 9.11. The fourth-order valence-corrected chi connectivity index (χ4v) is 4.77. The molecular formula is C9H6Br2S2. The minimum absolute atomic E-state index is 1.18. The number of halogens is 2. The van der Waals surface area contributed by atoms with Gasteiger partial charge in [0, 0.05) is 29.3 Å². The molecule has 4 heteroatoms. The lowest BCUT2D eigenvalue weighted by Gasteiger charge is -2.01. The first-order chi connectivity index (χ1) is 6.24.